The molecule has 0 aliphatic heterocycles. The highest BCUT2D eigenvalue weighted by atomic mass is 15.1. The van der Waals surface area contributed by atoms with E-state index in [1.807, 2.05) is 6.07 Å². The van der Waals surface area contributed by atoms with E-state index in [2.05, 4.69) is 73.3 Å². The molecule has 2 atom stereocenters. The van der Waals surface area contributed by atoms with Crippen molar-refractivity contribution in [2.75, 3.05) is 13.1 Å². The van der Waals surface area contributed by atoms with Gasteiger partial charge in [0.2, 0.25) is 0 Å². The summed E-state index contributed by atoms with van der Waals surface area (Å²) in [7, 11) is 0. The zero-order valence-corrected chi connectivity index (χ0v) is 13.1. The summed E-state index contributed by atoms with van der Waals surface area (Å²) in [4.78, 5) is 2.46. The Morgan fingerprint density at radius 3 is 2.10 bits per heavy atom. The zero-order chi connectivity index (χ0) is 15.1. The van der Waals surface area contributed by atoms with Crippen molar-refractivity contribution in [1.29, 1.82) is 0 Å². The molecule has 0 aliphatic carbocycles. The van der Waals surface area contributed by atoms with E-state index in [9.17, 15) is 0 Å². The molecule has 2 unspecified atom stereocenters. The lowest BCUT2D eigenvalue weighted by atomic mass is 9.95. The second kappa shape index (κ2) is 7.96. The predicted molar refractivity (Wildman–Crippen MR) is 89.9 cm³/mol. The number of hydrogen-bond donors (Lipinski definition) is 1. The lowest BCUT2D eigenvalue weighted by Gasteiger charge is -2.28. The summed E-state index contributed by atoms with van der Waals surface area (Å²) in [5.74, 6) is 0.427. The fourth-order valence-electron chi connectivity index (χ4n) is 2.67. The Bertz CT molecular complexity index is 510. The number of hydrogen-bond acceptors (Lipinski definition) is 2. The molecule has 0 heterocycles. The van der Waals surface area contributed by atoms with Crippen molar-refractivity contribution in [3.05, 3.63) is 71.8 Å². The van der Waals surface area contributed by atoms with Gasteiger partial charge in [-0.2, -0.15) is 0 Å². The molecule has 2 aromatic rings. The van der Waals surface area contributed by atoms with E-state index in [4.69, 9.17) is 5.73 Å². The van der Waals surface area contributed by atoms with Crippen molar-refractivity contribution in [1.82, 2.24) is 4.90 Å². The number of nitrogens with two attached hydrogens (primary N) is 1. The maximum Gasteiger partial charge on any atom is 0.0333 e. The van der Waals surface area contributed by atoms with Gasteiger partial charge >= 0.3 is 0 Å². The molecule has 2 nitrogen and oxygen atoms in total. The second-order valence-corrected chi connectivity index (χ2v) is 5.73. The van der Waals surface area contributed by atoms with Crippen LogP contribution in [-0.2, 0) is 6.54 Å². The minimum atomic E-state index is 0.0935. The van der Waals surface area contributed by atoms with E-state index in [1.54, 1.807) is 0 Å². The largest absolute Gasteiger partial charge is 0.324 e. The summed E-state index contributed by atoms with van der Waals surface area (Å²) in [6, 6.07) is 21.1. The standard InChI is InChI=1S/C19H26N2/c1-3-21(15-17-10-6-4-7-11-17)14-16(2)19(20)18-12-8-5-9-13-18/h4-13,16,19H,3,14-15,20H2,1-2H3. The molecule has 0 fully saturated rings. The minimum absolute atomic E-state index is 0.0935. The maximum absolute atomic E-state index is 6.41. The first-order chi connectivity index (χ1) is 10.2. The van der Waals surface area contributed by atoms with Crippen molar-refractivity contribution in [2.45, 2.75) is 26.4 Å². The van der Waals surface area contributed by atoms with Gasteiger partial charge < -0.3 is 5.73 Å². The highest BCUT2D eigenvalue weighted by molar-refractivity contribution is 5.19. The van der Waals surface area contributed by atoms with Gasteiger partial charge in [0.15, 0.2) is 0 Å². The van der Waals surface area contributed by atoms with E-state index in [0.29, 0.717) is 5.92 Å². The van der Waals surface area contributed by atoms with Crippen LogP contribution in [0.2, 0.25) is 0 Å². The van der Waals surface area contributed by atoms with Crippen LogP contribution in [-0.4, -0.2) is 18.0 Å². The van der Waals surface area contributed by atoms with Crippen LogP contribution >= 0.6 is 0 Å². The average molecular weight is 282 g/mol. The van der Waals surface area contributed by atoms with Gasteiger partial charge in [0.25, 0.3) is 0 Å². The Labute approximate surface area is 128 Å². The molecular formula is C19H26N2. The Hall–Kier alpha value is -1.64. The highest BCUT2D eigenvalue weighted by Crippen LogP contribution is 2.20. The average Bonchev–Trinajstić information content (AvgIpc) is 2.55. The first kappa shape index (κ1) is 15.7. The number of benzene rings is 2. The van der Waals surface area contributed by atoms with E-state index < -0.39 is 0 Å². The smallest absolute Gasteiger partial charge is 0.0333 e. The summed E-state index contributed by atoms with van der Waals surface area (Å²) in [6.07, 6.45) is 0. The fourth-order valence-corrected chi connectivity index (χ4v) is 2.67. The van der Waals surface area contributed by atoms with Gasteiger partial charge in [-0.3, -0.25) is 4.90 Å². The normalized spacial score (nSPS) is 14.1. The number of rotatable bonds is 7. The molecule has 112 valence electrons. The molecule has 0 spiro atoms. The molecule has 0 amide bonds. The minimum Gasteiger partial charge on any atom is -0.324 e. The lowest BCUT2D eigenvalue weighted by molar-refractivity contribution is 0.224. The Kier molecular flexibility index (Phi) is 5.97. The van der Waals surface area contributed by atoms with Crippen molar-refractivity contribution < 1.29 is 0 Å². The molecule has 2 aromatic carbocycles. The Morgan fingerprint density at radius 2 is 1.52 bits per heavy atom. The quantitative estimate of drug-likeness (QED) is 0.836. The fraction of sp³-hybridized carbons (Fsp3) is 0.368. The monoisotopic (exact) mass is 282 g/mol. The molecule has 0 saturated heterocycles. The zero-order valence-electron chi connectivity index (χ0n) is 13.1. The molecule has 2 N–H and O–H groups in total. The SMILES string of the molecule is CCN(Cc1ccccc1)CC(C)C(N)c1ccccc1. The first-order valence-corrected chi connectivity index (χ1v) is 7.77. The molecule has 0 saturated carbocycles. The van der Waals surface area contributed by atoms with Crippen LogP contribution in [0.25, 0.3) is 0 Å². The lowest BCUT2D eigenvalue weighted by Crippen LogP contribution is -2.33. The van der Waals surface area contributed by atoms with Crippen LogP contribution in [0.5, 0.6) is 0 Å². The van der Waals surface area contributed by atoms with Crippen LogP contribution in [0.3, 0.4) is 0 Å². The predicted octanol–water partition coefficient (Wildman–Crippen LogP) is 3.84. The summed E-state index contributed by atoms with van der Waals surface area (Å²) in [5, 5.41) is 0. The van der Waals surface area contributed by atoms with Crippen molar-refractivity contribution in [3.63, 3.8) is 0 Å². The molecule has 0 radical (unpaired) electrons. The van der Waals surface area contributed by atoms with Crippen LogP contribution in [0.15, 0.2) is 60.7 Å². The van der Waals surface area contributed by atoms with Gasteiger partial charge in [0, 0.05) is 19.1 Å². The van der Waals surface area contributed by atoms with Gasteiger partial charge in [0.1, 0.15) is 0 Å². The maximum atomic E-state index is 6.41. The van der Waals surface area contributed by atoms with Gasteiger partial charge in [-0.25, -0.2) is 0 Å². The first-order valence-electron chi connectivity index (χ1n) is 7.77. The summed E-state index contributed by atoms with van der Waals surface area (Å²) in [6.45, 7) is 7.50. The molecule has 0 aliphatic rings. The van der Waals surface area contributed by atoms with E-state index in [-0.39, 0.29) is 6.04 Å². The summed E-state index contributed by atoms with van der Waals surface area (Å²) in [5.41, 5.74) is 8.99. The van der Waals surface area contributed by atoms with Crippen LogP contribution in [0, 0.1) is 5.92 Å². The topological polar surface area (TPSA) is 29.3 Å². The van der Waals surface area contributed by atoms with Crippen molar-refractivity contribution >= 4 is 0 Å². The summed E-state index contributed by atoms with van der Waals surface area (Å²) >= 11 is 0. The molecular weight excluding hydrogens is 256 g/mol. The third kappa shape index (κ3) is 4.69. The van der Waals surface area contributed by atoms with Crippen molar-refractivity contribution in [2.24, 2.45) is 11.7 Å². The van der Waals surface area contributed by atoms with E-state index in [1.165, 1.54) is 11.1 Å². The van der Waals surface area contributed by atoms with E-state index in [0.717, 1.165) is 19.6 Å². The highest BCUT2D eigenvalue weighted by Gasteiger charge is 2.17. The Balaban J connectivity index is 1.95. The van der Waals surface area contributed by atoms with Crippen molar-refractivity contribution in [3.8, 4) is 0 Å². The second-order valence-electron chi connectivity index (χ2n) is 5.73. The molecule has 0 bridgehead atoms. The van der Waals surface area contributed by atoms with Crippen LogP contribution in [0.1, 0.15) is 31.0 Å². The third-order valence-corrected chi connectivity index (χ3v) is 4.04. The molecule has 0 aromatic heterocycles. The molecule has 21 heavy (non-hydrogen) atoms. The van der Waals surface area contributed by atoms with Gasteiger partial charge in [-0.05, 0) is 23.6 Å². The van der Waals surface area contributed by atoms with Crippen LogP contribution in [0.4, 0.5) is 0 Å². The van der Waals surface area contributed by atoms with Gasteiger partial charge in [-0.15, -0.1) is 0 Å². The molecule has 2 heteroatoms. The number of nitrogens with zero attached hydrogens (tertiary/aromatic N) is 1. The van der Waals surface area contributed by atoms with E-state index >= 15 is 0 Å². The third-order valence-electron chi connectivity index (χ3n) is 4.04. The summed E-state index contributed by atoms with van der Waals surface area (Å²) < 4.78 is 0. The van der Waals surface area contributed by atoms with Gasteiger partial charge in [0.05, 0.1) is 0 Å². The molecule has 2 rings (SSSR count). The Morgan fingerprint density at radius 1 is 0.952 bits per heavy atom. The van der Waals surface area contributed by atoms with Crippen LogP contribution < -0.4 is 5.73 Å². The van der Waals surface area contributed by atoms with Gasteiger partial charge in [-0.1, -0.05) is 74.5 Å².